The molecule has 2 aromatic heterocycles. The topological polar surface area (TPSA) is 86.1 Å². The zero-order valence-electron chi connectivity index (χ0n) is 17.6. The van der Waals surface area contributed by atoms with Crippen LogP contribution in [0.2, 0.25) is 0 Å². The van der Waals surface area contributed by atoms with Crippen LogP contribution < -0.4 is 5.32 Å². The van der Waals surface area contributed by atoms with Crippen LogP contribution in [-0.4, -0.2) is 39.6 Å². The largest absolute Gasteiger partial charge is 0.466 e. The first-order valence-electron chi connectivity index (χ1n) is 10.9. The number of esters is 1. The number of carbonyl (C=O) groups excluding carboxylic acids is 2. The zero-order valence-corrected chi connectivity index (χ0v) is 17.6. The Morgan fingerprint density at radius 2 is 1.97 bits per heavy atom. The first-order chi connectivity index (χ1) is 14.1. The van der Waals surface area contributed by atoms with E-state index in [9.17, 15) is 9.59 Å². The molecule has 0 aliphatic carbocycles. The maximum atomic E-state index is 12.8. The van der Waals surface area contributed by atoms with E-state index in [1.165, 1.54) is 6.42 Å². The van der Waals surface area contributed by atoms with Gasteiger partial charge in [-0.3, -0.25) is 9.59 Å². The molecule has 7 heteroatoms. The Labute approximate surface area is 172 Å². The number of fused-ring (bicyclic) bond motifs is 3. The normalized spacial score (nSPS) is 13.7. The van der Waals surface area contributed by atoms with Crippen molar-refractivity contribution in [2.75, 3.05) is 13.2 Å². The molecule has 0 radical (unpaired) electrons. The molecule has 3 rings (SSSR count). The molecule has 1 amide bonds. The van der Waals surface area contributed by atoms with E-state index in [1.54, 1.807) is 0 Å². The summed E-state index contributed by atoms with van der Waals surface area (Å²) in [7, 11) is 0. The summed E-state index contributed by atoms with van der Waals surface area (Å²) < 4.78 is 7.11. The third kappa shape index (κ3) is 5.55. The number of unbranched alkanes of at least 4 members (excludes halogenated alkanes) is 3. The molecule has 2 aromatic rings. The molecule has 158 valence electrons. The molecule has 0 atom stereocenters. The van der Waals surface area contributed by atoms with E-state index in [1.807, 2.05) is 19.9 Å². The highest BCUT2D eigenvalue weighted by Crippen LogP contribution is 2.24. The summed E-state index contributed by atoms with van der Waals surface area (Å²) >= 11 is 0. The molecule has 0 saturated carbocycles. The number of aromatic nitrogens is 3. The Balaban J connectivity index is 1.54. The molecular weight excluding hydrogens is 368 g/mol. The van der Waals surface area contributed by atoms with Gasteiger partial charge in [-0.1, -0.05) is 19.3 Å². The van der Waals surface area contributed by atoms with Gasteiger partial charge in [0, 0.05) is 31.6 Å². The van der Waals surface area contributed by atoms with Gasteiger partial charge in [0.05, 0.1) is 12.2 Å². The predicted octanol–water partition coefficient (Wildman–Crippen LogP) is 3.71. The van der Waals surface area contributed by atoms with Gasteiger partial charge >= 0.3 is 5.97 Å². The average Bonchev–Trinajstić information content (AvgIpc) is 2.87. The first-order valence-corrected chi connectivity index (χ1v) is 10.9. The maximum Gasteiger partial charge on any atom is 0.305 e. The third-order valence-corrected chi connectivity index (χ3v) is 5.34. The molecule has 1 aliphatic rings. The quantitative estimate of drug-likeness (QED) is 0.512. The molecule has 0 bridgehead atoms. The zero-order chi connectivity index (χ0) is 20.6. The minimum atomic E-state index is -0.128. The van der Waals surface area contributed by atoms with Crippen molar-refractivity contribution in [3.05, 3.63) is 23.1 Å². The molecule has 0 saturated heterocycles. The lowest BCUT2D eigenvalue weighted by Gasteiger charge is -2.08. The van der Waals surface area contributed by atoms with Crippen LogP contribution in [0.15, 0.2) is 6.07 Å². The van der Waals surface area contributed by atoms with E-state index in [4.69, 9.17) is 9.72 Å². The van der Waals surface area contributed by atoms with Crippen molar-refractivity contribution in [3.8, 4) is 0 Å². The van der Waals surface area contributed by atoms with Crippen molar-refractivity contribution in [1.82, 2.24) is 19.9 Å². The molecule has 0 aromatic carbocycles. The molecule has 1 N–H and O–H groups in total. The van der Waals surface area contributed by atoms with Crippen molar-refractivity contribution in [1.29, 1.82) is 0 Å². The fourth-order valence-corrected chi connectivity index (χ4v) is 3.87. The van der Waals surface area contributed by atoms with Gasteiger partial charge < -0.3 is 14.6 Å². The summed E-state index contributed by atoms with van der Waals surface area (Å²) in [5.74, 6) is 0.836. The maximum absolute atomic E-state index is 12.8. The van der Waals surface area contributed by atoms with Crippen LogP contribution in [-0.2, 0) is 22.5 Å². The van der Waals surface area contributed by atoms with Crippen LogP contribution in [0.5, 0.6) is 0 Å². The molecular formula is C22H32N4O3. The van der Waals surface area contributed by atoms with Gasteiger partial charge in [0.25, 0.3) is 5.91 Å². The fourth-order valence-electron chi connectivity index (χ4n) is 3.87. The number of amides is 1. The lowest BCUT2D eigenvalue weighted by Crippen LogP contribution is -2.25. The predicted molar refractivity (Wildman–Crippen MR) is 112 cm³/mol. The molecule has 0 unspecified atom stereocenters. The summed E-state index contributed by atoms with van der Waals surface area (Å²) in [6, 6.07) is 1.84. The van der Waals surface area contributed by atoms with E-state index in [0.717, 1.165) is 74.2 Å². The summed E-state index contributed by atoms with van der Waals surface area (Å²) in [6.07, 6.45) is 8.56. The van der Waals surface area contributed by atoms with Crippen molar-refractivity contribution < 1.29 is 14.3 Å². The second kappa shape index (κ2) is 10.4. The Hall–Kier alpha value is -2.44. The van der Waals surface area contributed by atoms with Crippen molar-refractivity contribution >= 4 is 23.0 Å². The van der Waals surface area contributed by atoms with Gasteiger partial charge in [0.2, 0.25) is 0 Å². The number of carbonyl (C=O) groups is 2. The number of ether oxygens (including phenoxy) is 1. The van der Waals surface area contributed by atoms with Crippen molar-refractivity contribution in [2.24, 2.45) is 0 Å². The fraction of sp³-hybridized carbons (Fsp3) is 0.636. The van der Waals surface area contributed by atoms with Crippen LogP contribution in [0.3, 0.4) is 0 Å². The summed E-state index contributed by atoms with van der Waals surface area (Å²) in [4.78, 5) is 33.6. The summed E-state index contributed by atoms with van der Waals surface area (Å²) in [5, 5.41) is 3.02. The molecule has 0 spiro atoms. The Morgan fingerprint density at radius 3 is 2.79 bits per heavy atom. The number of pyridine rings is 1. The van der Waals surface area contributed by atoms with E-state index in [0.29, 0.717) is 25.1 Å². The second-order valence-electron chi connectivity index (χ2n) is 7.70. The van der Waals surface area contributed by atoms with Gasteiger partial charge in [-0.2, -0.15) is 0 Å². The monoisotopic (exact) mass is 400 g/mol. The van der Waals surface area contributed by atoms with Gasteiger partial charge in [-0.25, -0.2) is 9.97 Å². The third-order valence-electron chi connectivity index (χ3n) is 5.34. The van der Waals surface area contributed by atoms with Gasteiger partial charge in [-0.05, 0) is 45.6 Å². The molecule has 1 aliphatic heterocycles. The summed E-state index contributed by atoms with van der Waals surface area (Å²) in [6.45, 7) is 5.73. The number of rotatable bonds is 9. The summed E-state index contributed by atoms with van der Waals surface area (Å²) in [5.41, 5.74) is 3.02. The van der Waals surface area contributed by atoms with E-state index in [2.05, 4.69) is 14.9 Å². The highest BCUT2D eigenvalue weighted by atomic mass is 16.5. The number of hydrogen-bond donors (Lipinski definition) is 1. The standard InChI is InChI=1S/C22H32N4O3/c1-3-29-19(27)12-8-4-5-9-13-23-22(28)17-15-16(2)24-21-20(17)25-18-11-7-6-10-14-26(18)21/h15H,3-14H2,1-2H3,(H,23,28). The Kier molecular flexibility index (Phi) is 7.61. The number of imidazole rings is 1. The second-order valence-corrected chi connectivity index (χ2v) is 7.70. The smallest absolute Gasteiger partial charge is 0.305 e. The van der Waals surface area contributed by atoms with Gasteiger partial charge in [0.1, 0.15) is 11.3 Å². The van der Waals surface area contributed by atoms with Crippen LogP contribution in [0.4, 0.5) is 0 Å². The number of hydrogen-bond acceptors (Lipinski definition) is 5. The molecule has 0 fully saturated rings. The highest BCUT2D eigenvalue weighted by molar-refractivity contribution is 6.04. The number of nitrogens with zero attached hydrogens (tertiary/aromatic N) is 3. The minimum Gasteiger partial charge on any atom is -0.466 e. The number of aryl methyl sites for hydroxylation is 3. The van der Waals surface area contributed by atoms with Crippen LogP contribution in [0.25, 0.3) is 11.2 Å². The van der Waals surface area contributed by atoms with Crippen molar-refractivity contribution in [3.63, 3.8) is 0 Å². The van der Waals surface area contributed by atoms with Crippen molar-refractivity contribution in [2.45, 2.75) is 78.2 Å². The SMILES string of the molecule is CCOC(=O)CCCCCCNC(=O)c1cc(C)nc2c1nc1n2CCCCC1. The number of nitrogens with one attached hydrogen (secondary N) is 1. The lowest BCUT2D eigenvalue weighted by atomic mass is 10.1. The van der Waals surface area contributed by atoms with Crippen LogP contribution >= 0.6 is 0 Å². The van der Waals surface area contributed by atoms with E-state index in [-0.39, 0.29) is 11.9 Å². The highest BCUT2D eigenvalue weighted by Gasteiger charge is 2.20. The average molecular weight is 401 g/mol. The lowest BCUT2D eigenvalue weighted by molar-refractivity contribution is -0.143. The minimum absolute atomic E-state index is 0.0831. The van der Waals surface area contributed by atoms with Crippen LogP contribution in [0.1, 0.15) is 80.2 Å². The first kappa shape index (κ1) is 21.3. The van der Waals surface area contributed by atoms with Gasteiger partial charge in [-0.15, -0.1) is 0 Å². The van der Waals surface area contributed by atoms with E-state index < -0.39 is 0 Å². The Bertz CT molecular complexity index is 859. The van der Waals surface area contributed by atoms with E-state index >= 15 is 0 Å². The van der Waals surface area contributed by atoms with Gasteiger partial charge in [0.15, 0.2) is 5.65 Å². The Morgan fingerprint density at radius 1 is 1.14 bits per heavy atom. The molecule has 3 heterocycles. The molecule has 29 heavy (non-hydrogen) atoms. The van der Waals surface area contributed by atoms with Crippen LogP contribution in [0, 0.1) is 6.92 Å². The molecule has 7 nitrogen and oxygen atoms in total.